The van der Waals surface area contributed by atoms with Crippen molar-refractivity contribution in [1.29, 1.82) is 0 Å². The standard InChI is InChI=1S/C22H22FN3O3/c1-29-18-5-6-20-19(11-18)14(12-24-20)7-8-26-13-15(9-21(26)27)22(28)25-17-4-2-3-16(23)10-17/h2-6,10-12,15,24H,7-9,13H2,1H3,(H,25,28). The fraction of sp³-hybridized carbons (Fsp3) is 0.273. The van der Waals surface area contributed by atoms with E-state index in [0.29, 0.717) is 25.2 Å². The maximum Gasteiger partial charge on any atom is 0.229 e. The summed E-state index contributed by atoms with van der Waals surface area (Å²) in [6.45, 7) is 0.901. The first-order chi connectivity index (χ1) is 14.0. The summed E-state index contributed by atoms with van der Waals surface area (Å²) in [6.07, 6.45) is 2.79. The second-order valence-electron chi connectivity index (χ2n) is 7.22. The first-order valence-corrected chi connectivity index (χ1v) is 9.51. The molecule has 0 aliphatic carbocycles. The molecule has 0 bridgehead atoms. The molecule has 7 heteroatoms. The first-order valence-electron chi connectivity index (χ1n) is 9.51. The zero-order valence-corrected chi connectivity index (χ0v) is 16.1. The van der Waals surface area contributed by atoms with Gasteiger partial charge < -0.3 is 19.9 Å². The minimum absolute atomic E-state index is 0.0400. The van der Waals surface area contributed by atoms with E-state index in [1.165, 1.54) is 18.2 Å². The van der Waals surface area contributed by atoms with Crippen LogP contribution in [0.2, 0.25) is 0 Å². The van der Waals surface area contributed by atoms with Crippen molar-refractivity contribution in [3.05, 3.63) is 60.0 Å². The molecule has 1 fully saturated rings. The van der Waals surface area contributed by atoms with Gasteiger partial charge in [0, 0.05) is 42.3 Å². The van der Waals surface area contributed by atoms with Gasteiger partial charge in [-0.2, -0.15) is 0 Å². The molecular weight excluding hydrogens is 373 g/mol. The average Bonchev–Trinajstić information content (AvgIpc) is 3.29. The highest BCUT2D eigenvalue weighted by Crippen LogP contribution is 2.25. The highest BCUT2D eigenvalue weighted by atomic mass is 19.1. The van der Waals surface area contributed by atoms with Crippen molar-refractivity contribution in [2.24, 2.45) is 5.92 Å². The molecule has 1 saturated heterocycles. The number of amides is 2. The lowest BCUT2D eigenvalue weighted by molar-refractivity contribution is -0.128. The first kappa shape index (κ1) is 19.0. The molecule has 2 amide bonds. The van der Waals surface area contributed by atoms with Gasteiger partial charge in [-0.25, -0.2) is 4.39 Å². The maximum absolute atomic E-state index is 13.3. The number of benzene rings is 2. The van der Waals surface area contributed by atoms with Gasteiger partial charge in [0.1, 0.15) is 11.6 Å². The molecule has 2 aromatic carbocycles. The minimum atomic E-state index is -0.436. The molecule has 4 rings (SSSR count). The number of likely N-dealkylation sites (tertiary alicyclic amines) is 1. The van der Waals surface area contributed by atoms with Crippen LogP contribution in [-0.2, 0) is 16.0 Å². The summed E-state index contributed by atoms with van der Waals surface area (Å²) < 4.78 is 18.6. The summed E-state index contributed by atoms with van der Waals surface area (Å²) in [6, 6.07) is 11.6. The van der Waals surface area contributed by atoms with Gasteiger partial charge in [0.05, 0.1) is 13.0 Å². The van der Waals surface area contributed by atoms with Crippen molar-refractivity contribution in [1.82, 2.24) is 9.88 Å². The normalized spacial score (nSPS) is 16.4. The molecule has 29 heavy (non-hydrogen) atoms. The number of hydrogen-bond donors (Lipinski definition) is 2. The van der Waals surface area contributed by atoms with Crippen LogP contribution in [0.15, 0.2) is 48.7 Å². The van der Waals surface area contributed by atoms with Crippen molar-refractivity contribution in [3.63, 3.8) is 0 Å². The average molecular weight is 395 g/mol. The molecule has 2 N–H and O–H groups in total. The van der Waals surface area contributed by atoms with E-state index in [2.05, 4.69) is 10.3 Å². The van der Waals surface area contributed by atoms with Gasteiger partial charge >= 0.3 is 0 Å². The predicted octanol–water partition coefficient (Wildman–Crippen LogP) is 3.35. The number of nitrogens with zero attached hydrogens (tertiary/aromatic N) is 1. The third-order valence-corrected chi connectivity index (χ3v) is 5.30. The van der Waals surface area contributed by atoms with E-state index >= 15 is 0 Å². The van der Waals surface area contributed by atoms with Crippen molar-refractivity contribution in [2.45, 2.75) is 12.8 Å². The number of halogens is 1. The summed E-state index contributed by atoms with van der Waals surface area (Å²) in [5.41, 5.74) is 2.51. The number of carbonyl (C=O) groups excluding carboxylic acids is 2. The fourth-order valence-electron chi connectivity index (χ4n) is 3.72. The van der Waals surface area contributed by atoms with Crippen LogP contribution < -0.4 is 10.1 Å². The number of nitrogens with one attached hydrogen (secondary N) is 2. The van der Waals surface area contributed by atoms with Gasteiger partial charge in [-0.3, -0.25) is 9.59 Å². The molecular formula is C22H22FN3O3. The molecule has 1 aliphatic heterocycles. The van der Waals surface area contributed by atoms with Crippen LogP contribution in [-0.4, -0.2) is 41.9 Å². The molecule has 6 nitrogen and oxygen atoms in total. The molecule has 150 valence electrons. The zero-order valence-electron chi connectivity index (χ0n) is 16.1. The molecule has 0 radical (unpaired) electrons. The van der Waals surface area contributed by atoms with Crippen LogP contribution in [0, 0.1) is 11.7 Å². The number of aromatic nitrogens is 1. The maximum atomic E-state index is 13.3. The predicted molar refractivity (Wildman–Crippen MR) is 108 cm³/mol. The summed E-state index contributed by atoms with van der Waals surface area (Å²) in [4.78, 5) is 29.8. The van der Waals surface area contributed by atoms with Crippen molar-refractivity contribution >= 4 is 28.4 Å². The molecule has 0 spiro atoms. The number of H-pyrrole nitrogens is 1. The third-order valence-electron chi connectivity index (χ3n) is 5.30. The Morgan fingerprint density at radius 1 is 1.31 bits per heavy atom. The second-order valence-corrected chi connectivity index (χ2v) is 7.22. The van der Waals surface area contributed by atoms with Crippen LogP contribution >= 0.6 is 0 Å². The lowest BCUT2D eigenvalue weighted by atomic mass is 10.1. The monoisotopic (exact) mass is 395 g/mol. The van der Waals surface area contributed by atoms with Crippen LogP contribution in [0.3, 0.4) is 0 Å². The molecule has 0 saturated carbocycles. The zero-order chi connectivity index (χ0) is 20.4. The van der Waals surface area contributed by atoms with Crippen LogP contribution in [0.1, 0.15) is 12.0 Å². The van der Waals surface area contributed by atoms with Crippen LogP contribution in [0.4, 0.5) is 10.1 Å². The van der Waals surface area contributed by atoms with Crippen molar-refractivity contribution in [3.8, 4) is 5.75 Å². The Kier molecular flexibility index (Phi) is 5.20. The summed E-state index contributed by atoms with van der Waals surface area (Å²) in [5, 5.41) is 3.76. The van der Waals surface area contributed by atoms with Gasteiger partial charge in [0.25, 0.3) is 0 Å². The quantitative estimate of drug-likeness (QED) is 0.672. The number of aromatic amines is 1. The van der Waals surface area contributed by atoms with E-state index in [4.69, 9.17) is 4.74 Å². The van der Waals surface area contributed by atoms with Crippen molar-refractivity contribution in [2.75, 3.05) is 25.5 Å². The van der Waals surface area contributed by atoms with Crippen LogP contribution in [0.25, 0.3) is 10.9 Å². The van der Waals surface area contributed by atoms with Gasteiger partial charge in [-0.05, 0) is 48.4 Å². The number of hydrogen-bond acceptors (Lipinski definition) is 3. The largest absolute Gasteiger partial charge is 0.497 e. The van der Waals surface area contributed by atoms with E-state index < -0.39 is 11.7 Å². The fourth-order valence-corrected chi connectivity index (χ4v) is 3.72. The number of rotatable bonds is 6. The van der Waals surface area contributed by atoms with E-state index in [1.807, 2.05) is 24.4 Å². The summed E-state index contributed by atoms with van der Waals surface area (Å²) in [7, 11) is 1.63. The minimum Gasteiger partial charge on any atom is -0.497 e. The topological polar surface area (TPSA) is 74.4 Å². The molecule has 1 aromatic heterocycles. The Morgan fingerprint density at radius 2 is 2.17 bits per heavy atom. The Balaban J connectivity index is 1.38. The smallest absolute Gasteiger partial charge is 0.229 e. The van der Waals surface area contributed by atoms with Gasteiger partial charge in [0.15, 0.2) is 0 Å². The third kappa shape index (κ3) is 4.08. The number of methoxy groups -OCH3 is 1. The van der Waals surface area contributed by atoms with Crippen LogP contribution in [0.5, 0.6) is 5.75 Å². The number of anilines is 1. The Bertz CT molecular complexity index is 1060. The number of ether oxygens (including phenoxy) is 1. The van der Waals surface area contributed by atoms with Gasteiger partial charge in [-0.1, -0.05) is 6.07 Å². The van der Waals surface area contributed by atoms with E-state index in [-0.39, 0.29) is 18.2 Å². The highest BCUT2D eigenvalue weighted by molar-refractivity contribution is 5.97. The Hall–Kier alpha value is -3.35. The summed E-state index contributed by atoms with van der Waals surface area (Å²) in [5.74, 6) is -0.370. The molecule has 1 aliphatic rings. The summed E-state index contributed by atoms with van der Waals surface area (Å²) >= 11 is 0. The van der Waals surface area contributed by atoms with Gasteiger partial charge in [-0.15, -0.1) is 0 Å². The SMILES string of the molecule is COc1ccc2[nH]cc(CCN3CC(C(=O)Nc4cccc(F)c4)CC3=O)c2c1. The lowest BCUT2D eigenvalue weighted by Gasteiger charge is -2.16. The molecule has 3 aromatic rings. The molecule has 2 heterocycles. The Morgan fingerprint density at radius 3 is 2.97 bits per heavy atom. The second kappa shape index (κ2) is 7.95. The molecule has 1 atom stereocenters. The van der Waals surface area contributed by atoms with Gasteiger partial charge in [0.2, 0.25) is 11.8 Å². The number of carbonyl (C=O) groups is 2. The number of fused-ring (bicyclic) bond motifs is 1. The van der Waals surface area contributed by atoms with E-state index in [0.717, 1.165) is 22.2 Å². The van der Waals surface area contributed by atoms with Crippen molar-refractivity contribution < 1.29 is 18.7 Å². The highest BCUT2D eigenvalue weighted by Gasteiger charge is 2.34. The lowest BCUT2D eigenvalue weighted by Crippen LogP contribution is -2.30. The van der Waals surface area contributed by atoms with E-state index in [1.54, 1.807) is 18.1 Å². The molecule has 1 unspecified atom stereocenters. The Labute approximate surface area is 167 Å². The van der Waals surface area contributed by atoms with E-state index in [9.17, 15) is 14.0 Å².